The van der Waals surface area contributed by atoms with E-state index in [9.17, 15) is 10.1 Å². The first-order valence-electron chi connectivity index (χ1n) is 11.8. The zero-order chi connectivity index (χ0) is 25.7. The number of nitrogens with one attached hydrogen (secondary N) is 1. The largest absolute Gasteiger partial charge is 0.378 e. The molecule has 0 bridgehead atoms. The summed E-state index contributed by atoms with van der Waals surface area (Å²) in [6.45, 7) is 4.20. The number of fused-ring (bicyclic) bond motifs is 2. The van der Waals surface area contributed by atoms with Gasteiger partial charge in [-0.25, -0.2) is 4.99 Å². The number of anilines is 2. The standard InChI is InChI=1S/C29H29N5O2/c1-17-23-13-11-21(32(3)4)15-25(23)30-28(17)27(19-7-9-20(10-8-19)34(35)36)29-18(2)24-14-12-22(33(5)6)16-26(24)31-29/h7-16,30H,1-6H3. The van der Waals surface area contributed by atoms with E-state index in [1.807, 2.05) is 40.3 Å². The molecule has 0 saturated heterocycles. The Kier molecular flexibility index (Phi) is 5.63. The molecule has 1 aliphatic rings. The first-order chi connectivity index (χ1) is 17.2. The second kappa shape index (κ2) is 8.68. The van der Waals surface area contributed by atoms with Crippen LogP contribution in [0.1, 0.15) is 23.7 Å². The fourth-order valence-corrected chi connectivity index (χ4v) is 4.79. The Morgan fingerprint density at radius 1 is 0.889 bits per heavy atom. The van der Waals surface area contributed by atoms with Crippen LogP contribution in [-0.2, 0) is 0 Å². The predicted octanol–water partition coefficient (Wildman–Crippen LogP) is 4.78. The number of non-ortho nitro benzene ring substituents is 1. The van der Waals surface area contributed by atoms with Crippen LogP contribution in [0.25, 0.3) is 22.0 Å². The SMILES string of the molecule is CC1=c2ccc(N(C)C)cc2=NC1=C(c1ccc([N+](=O)[O-])cc1)c1[nH]c2cc(N(C)C)ccc2c1C. The van der Waals surface area contributed by atoms with Crippen molar-refractivity contribution in [2.24, 2.45) is 4.99 Å². The number of nitro benzene ring substituents is 1. The molecule has 0 aliphatic carbocycles. The summed E-state index contributed by atoms with van der Waals surface area (Å²) in [4.78, 5) is 23.8. The molecule has 0 spiro atoms. The number of aromatic nitrogens is 1. The third kappa shape index (κ3) is 3.82. The molecular formula is C29H29N5O2. The molecule has 0 radical (unpaired) electrons. The summed E-state index contributed by atoms with van der Waals surface area (Å²) in [5, 5.41) is 14.5. The van der Waals surface area contributed by atoms with Crippen LogP contribution in [0.15, 0.2) is 71.4 Å². The number of nitrogens with zero attached hydrogens (tertiary/aromatic N) is 4. The molecule has 1 aliphatic heterocycles. The zero-order valence-corrected chi connectivity index (χ0v) is 21.4. The molecule has 7 heteroatoms. The topological polar surface area (TPSA) is 77.8 Å². The highest BCUT2D eigenvalue weighted by molar-refractivity contribution is 5.97. The van der Waals surface area contributed by atoms with Gasteiger partial charge >= 0.3 is 0 Å². The monoisotopic (exact) mass is 479 g/mol. The summed E-state index contributed by atoms with van der Waals surface area (Å²) >= 11 is 0. The number of allylic oxidation sites excluding steroid dienone is 1. The smallest absolute Gasteiger partial charge is 0.269 e. The van der Waals surface area contributed by atoms with E-state index in [2.05, 4.69) is 65.0 Å². The van der Waals surface area contributed by atoms with Crippen LogP contribution in [0.5, 0.6) is 0 Å². The number of aromatic amines is 1. The van der Waals surface area contributed by atoms with E-state index in [0.717, 1.165) is 66.5 Å². The van der Waals surface area contributed by atoms with Crippen LogP contribution < -0.4 is 20.4 Å². The van der Waals surface area contributed by atoms with Gasteiger partial charge in [-0.1, -0.05) is 12.1 Å². The van der Waals surface area contributed by atoms with Crippen molar-refractivity contribution in [1.82, 2.24) is 4.98 Å². The number of hydrogen-bond acceptors (Lipinski definition) is 5. The Labute approximate surface area is 209 Å². The van der Waals surface area contributed by atoms with E-state index in [1.54, 1.807) is 12.1 Å². The molecule has 1 N–H and O–H groups in total. The fraction of sp³-hybridized carbons (Fsp3) is 0.207. The number of nitro groups is 1. The van der Waals surface area contributed by atoms with Crippen LogP contribution in [0, 0.1) is 17.0 Å². The molecule has 36 heavy (non-hydrogen) atoms. The Hall–Kier alpha value is -4.39. The van der Waals surface area contributed by atoms with Gasteiger partial charge in [-0.2, -0.15) is 0 Å². The summed E-state index contributed by atoms with van der Waals surface area (Å²) in [5.41, 5.74) is 9.14. The van der Waals surface area contributed by atoms with Crippen molar-refractivity contribution in [3.63, 3.8) is 0 Å². The van der Waals surface area contributed by atoms with Crippen molar-refractivity contribution in [3.8, 4) is 0 Å². The lowest BCUT2D eigenvalue weighted by Crippen LogP contribution is -2.24. The second-order valence-corrected chi connectivity index (χ2v) is 9.61. The number of H-pyrrole nitrogens is 1. The quantitative estimate of drug-likeness (QED) is 0.330. The van der Waals surface area contributed by atoms with Gasteiger partial charge in [0.15, 0.2) is 0 Å². The van der Waals surface area contributed by atoms with E-state index in [-0.39, 0.29) is 10.6 Å². The van der Waals surface area contributed by atoms with Gasteiger partial charge in [-0.15, -0.1) is 0 Å². The van der Waals surface area contributed by atoms with Gasteiger partial charge in [-0.3, -0.25) is 10.1 Å². The van der Waals surface area contributed by atoms with Crippen molar-refractivity contribution < 1.29 is 4.92 Å². The highest BCUT2D eigenvalue weighted by Gasteiger charge is 2.22. The summed E-state index contributed by atoms with van der Waals surface area (Å²) < 4.78 is 0. The van der Waals surface area contributed by atoms with Crippen LogP contribution in [0.4, 0.5) is 17.1 Å². The highest BCUT2D eigenvalue weighted by Crippen LogP contribution is 2.37. The lowest BCUT2D eigenvalue weighted by molar-refractivity contribution is -0.384. The number of hydrogen-bond donors (Lipinski definition) is 1. The van der Waals surface area contributed by atoms with Gasteiger partial charge in [0.05, 0.1) is 21.7 Å². The van der Waals surface area contributed by atoms with Gasteiger partial charge in [0.1, 0.15) is 0 Å². The first kappa shape index (κ1) is 23.4. The van der Waals surface area contributed by atoms with Crippen LogP contribution in [0.2, 0.25) is 0 Å². The lowest BCUT2D eigenvalue weighted by Gasteiger charge is -2.12. The van der Waals surface area contributed by atoms with Crippen molar-refractivity contribution in [1.29, 1.82) is 0 Å². The van der Waals surface area contributed by atoms with Crippen molar-refractivity contribution in [2.45, 2.75) is 13.8 Å². The van der Waals surface area contributed by atoms with Gasteiger partial charge in [0, 0.05) is 73.4 Å². The molecule has 2 heterocycles. The maximum Gasteiger partial charge on any atom is 0.269 e. The lowest BCUT2D eigenvalue weighted by atomic mass is 9.95. The van der Waals surface area contributed by atoms with E-state index >= 15 is 0 Å². The first-order valence-corrected chi connectivity index (χ1v) is 11.8. The molecule has 3 aromatic carbocycles. The molecule has 0 unspecified atom stereocenters. The van der Waals surface area contributed by atoms with E-state index < -0.39 is 0 Å². The molecule has 7 nitrogen and oxygen atoms in total. The minimum atomic E-state index is -0.372. The van der Waals surface area contributed by atoms with Gasteiger partial charge in [0.2, 0.25) is 0 Å². The molecular weight excluding hydrogens is 450 g/mol. The number of aryl methyl sites for hydroxylation is 1. The molecule has 0 fully saturated rings. The Balaban J connectivity index is 1.81. The van der Waals surface area contributed by atoms with Crippen LogP contribution in [-0.4, -0.2) is 38.1 Å². The molecule has 1 aromatic heterocycles. The molecule has 5 rings (SSSR count). The number of rotatable bonds is 5. The van der Waals surface area contributed by atoms with Crippen molar-refractivity contribution in [3.05, 3.63) is 104 Å². The van der Waals surface area contributed by atoms with Crippen molar-refractivity contribution in [2.75, 3.05) is 38.0 Å². The van der Waals surface area contributed by atoms with Crippen LogP contribution in [0.3, 0.4) is 0 Å². The highest BCUT2D eigenvalue weighted by atomic mass is 16.6. The summed E-state index contributed by atoms with van der Waals surface area (Å²) in [7, 11) is 8.08. The minimum Gasteiger partial charge on any atom is -0.378 e. The van der Waals surface area contributed by atoms with Crippen LogP contribution >= 0.6 is 0 Å². The summed E-state index contributed by atoms with van der Waals surface area (Å²) in [5.74, 6) is 0. The molecule has 0 amide bonds. The maximum atomic E-state index is 11.3. The summed E-state index contributed by atoms with van der Waals surface area (Å²) in [6.07, 6.45) is 0. The van der Waals surface area contributed by atoms with Gasteiger partial charge in [0.25, 0.3) is 5.69 Å². The van der Waals surface area contributed by atoms with E-state index in [4.69, 9.17) is 4.99 Å². The minimum absolute atomic E-state index is 0.0649. The third-order valence-corrected chi connectivity index (χ3v) is 6.90. The summed E-state index contributed by atoms with van der Waals surface area (Å²) in [6, 6.07) is 19.4. The van der Waals surface area contributed by atoms with E-state index in [0.29, 0.717) is 0 Å². The molecule has 0 atom stereocenters. The average Bonchev–Trinajstić information content (AvgIpc) is 3.35. The van der Waals surface area contributed by atoms with Gasteiger partial charge in [-0.05, 0) is 66.9 Å². The predicted molar refractivity (Wildman–Crippen MR) is 147 cm³/mol. The van der Waals surface area contributed by atoms with Crippen molar-refractivity contribution >= 4 is 39.1 Å². The molecule has 0 saturated carbocycles. The zero-order valence-electron chi connectivity index (χ0n) is 21.4. The van der Waals surface area contributed by atoms with E-state index in [1.165, 1.54) is 0 Å². The third-order valence-electron chi connectivity index (χ3n) is 6.90. The molecule has 182 valence electrons. The number of benzene rings is 3. The fourth-order valence-electron chi connectivity index (χ4n) is 4.79. The molecule has 4 aromatic rings. The Morgan fingerprint density at radius 3 is 2.17 bits per heavy atom. The average molecular weight is 480 g/mol. The Bertz CT molecular complexity index is 1680. The normalized spacial score (nSPS) is 14.0. The van der Waals surface area contributed by atoms with Gasteiger partial charge < -0.3 is 14.8 Å². The Morgan fingerprint density at radius 2 is 1.53 bits per heavy atom. The maximum absolute atomic E-state index is 11.3. The second-order valence-electron chi connectivity index (χ2n) is 9.61.